The maximum atomic E-state index is 10.3. The van der Waals surface area contributed by atoms with Crippen LogP contribution in [0.4, 0.5) is 0 Å². The summed E-state index contributed by atoms with van der Waals surface area (Å²) < 4.78 is 16.7. The van der Waals surface area contributed by atoms with E-state index in [2.05, 4.69) is 0 Å². The van der Waals surface area contributed by atoms with Gasteiger partial charge in [0.15, 0.2) is 0 Å². The van der Waals surface area contributed by atoms with Crippen molar-refractivity contribution in [2.75, 3.05) is 7.11 Å². The van der Waals surface area contributed by atoms with Crippen LogP contribution in [0.1, 0.15) is 23.6 Å². The zero-order valence-corrected chi connectivity index (χ0v) is 16.7. The highest BCUT2D eigenvalue weighted by atomic mass is 16.7. The average molecular weight is 404 g/mol. The smallest absolute Gasteiger partial charge is 0.229 e. The first-order chi connectivity index (χ1) is 13.8. The van der Waals surface area contributed by atoms with Crippen molar-refractivity contribution in [2.45, 2.75) is 57.1 Å². The molecule has 158 valence electrons. The van der Waals surface area contributed by atoms with Crippen LogP contribution in [0.3, 0.4) is 0 Å². The quantitative estimate of drug-likeness (QED) is 0.572. The standard InChI is InChI=1S/C22H28O7/c1-12-4-7-15(11-14-5-8-16(27-3)9-6-14)17(10-12)28-22-20(26)18(24)19(25)21(29-22)13(2)23/h4-10,13,18-26H,11H2,1-3H3/t13-,18+,19+,20-,21-,22-/m1/s1. The third-order valence-corrected chi connectivity index (χ3v) is 5.10. The first kappa shape index (κ1) is 21.5. The molecule has 0 aromatic heterocycles. The molecule has 2 aromatic rings. The fourth-order valence-electron chi connectivity index (χ4n) is 3.38. The van der Waals surface area contributed by atoms with Crippen molar-refractivity contribution in [2.24, 2.45) is 0 Å². The number of ether oxygens (including phenoxy) is 3. The lowest BCUT2D eigenvalue weighted by Crippen LogP contribution is -2.61. The summed E-state index contributed by atoms with van der Waals surface area (Å²) in [6.45, 7) is 3.36. The molecular formula is C22H28O7. The number of benzene rings is 2. The van der Waals surface area contributed by atoms with Gasteiger partial charge < -0.3 is 34.6 Å². The Morgan fingerprint density at radius 2 is 1.69 bits per heavy atom. The number of aryl methyl sites for hydroxylation is 1. The molecule has 1 fully saturated rings. The molecule has 2 aromatic carbocycles. The minimum atomic E-state index is -1.50. The van der Waals surface area contributed by atoms with E-state index >= 15 is 0 Å². The molecule has 1 aliphatic rings. The van der Waals surface area contributed by atoms with E-state index in [0.29, 0.717) is 12.2 Å². The molecule has 0 unspecified atom stereocenters. The number of hydrogen-bond donors (Lipinski definition) is 4. The number of hydrogen-bond acceptors (Lipinski definition) is 7. The Balaban J connectivity index is 1.83. The van der Waals surface area contributed by atoms with Crippen molar-refractivity contribution in [3.05, 3.63) is 59.2 Å². The molecular weight excluding hydrogens is 376 g/mol. The van der Waals surface area contributed by atoms with Gasteiger partial charge in [-0.05, 0) is 48.7 Å². The van der Waals surface area contributed by atoms with Gasteiger partial charge in [0.05, 0.1) is 13.2 Å². The molecule has 6 atom stereocenters. The second-order valence-corrected chi connectivity index (χ2v) is 7.44. The lowest BCUT2D eigenvalue weighted by atomic mass is 9.96. The Labute approximate surface area is 170 Å². The summed E-state index contributed by atoms with van der Waals surface area (Å²) in [5, 5.41) is 40.3. The summed E-state index contributed by atoms with van der Waals surface area (Å²) in [6, 6.07) is 13.4. The molecule has 29 heavy (non-hydrogen) atoms. The van der Waals surface area contributed by atoms with E-state index in [9.17, 15) is 20.4 Å². The van der Waals surface area contributed by atoms with E-state index in [0.717, 1.165) is 22.4 Å². The Bertz CT molecular complexity index is 805. The third kappa shape index (κ3) is 4.88. The predicted octanol–water partition coefficient (Wildman–Crippen LogP) is 1.16. The lowest BCUT2D eigenvalue weighted by Gasteiger charge is -2.41. The molecule has 3 rings (SSSR count). The Morgan fingerprint density at radius 3 is 2.31 bits per heavy atom. The minimum Gasteiger partial charge on any atom is -0.497 e. The molecule has 0 amide bonds. The average Bonchev–Trinajstić information content (AvgIpc) is 2.70. The molecule has 1 saturated heterocycles. The van der Waals surface area contributed by atoms with Crippen LogP contribution < -0.4 is 9.47 Å². The summed E-state index contributed by atoms with van der Waals surface area (Å²) in [7, 11) is 1.61. The largest absolute Gasteiger partial charge is 0.497 e. The lowest BCUT2D eigenvalue weighted by molar-refractivity contribution is -0.286. The number of rotatable bonds is 6. The van der Waals surface area contributed by atoms with Gasteiger partial charge in [-0.1, -0.05) is 24.3 Å². The van der Waals surface area contributed by atoms with Crippen molar-refractivity contribution in [1.29, 1.82) is 0 Å². The molecule has 0 bridgehead atoms. The van der Waals surface area contributed by atoms with Crippen LogP contribution >= 0.6 is 0 Å². The van der Waals surface area contributed by atoms with Crippen LogP contribution in [0, 0.1) is 6.92 Å². The first-order valence-corrected chi connectivity index (χ1v) is 9.57. The zero-order valence-electron chi connectivity index (χ0n) is 16.7. The molecule has 7 heteroatoms. The van der Waals surface area contributed by atoms with E-state index in [1.54, 1.807) is 7.11 Å². The van der Waals surface area contributed by atoms with Gasteiger partial charge in [0.1, 0.15) is 35.9 Å². The van der Waals surface area contributed by atoms with Crippen LogP contribution in [-0.4, -0.2) is 64.3 Å². The monoisotopic (exact) mass is 404 g/mol. The van der Waals surface area contributed by atoms with E-state index < -0.39 is 36.8 Å². The molecule has 1 aliphatic heterocycles. The highest BCUT2D eigenvalue weighted by Gasteiger charge is 2.46. The summed E-state index contributed by atoms with van der Waals surface area (Å²) >= 11 is 0. The number of methoxy groups -OCH3 is 1. The fraction of sp³-hybridized carbons (Fsp3) is 0.455. The highest BCUT2D eigenvalue weighted by molar-refractivity contribution is 5.41. The first-order valence-electron chi connectivity index (χ1n) is 9.57. The van der Waals surface area contributed by atoms with Crippen LogP contribution in [0.5, 0.6) is 11.5 Å². The summed E-state index contributed by atoms with van der Waals surface area (Å²) in [4.78, 5) is 0. The van der Waals surface area contributed by atoms with E-state index in [1.165, 1.54) is 6.92 Å². The third-order valence-electron chi connectivity index (χ3n) is 5.10. The molecule has 0 saturated carbocycles. The number of aliphatic hydroxyl groups excluding tert-OH is 4. The van der Waals surface area contributed by atoms with Gasteiger partial charge in [0, 0.05) is 6.42 Å². The zero-order chi connectivity index (χ0) is 21.1. The van der Waals surface area contributed by atoms with Gasteiger partial charge in [-0.15, -0.1) is 0 Å². The predicted molar refractivity (Wildman–Crippen MR) is 106 cm³/mol. The highest BCUT2D eigenvalue weighted by Crippen LogP contribution is 2.30. The van der Waals surface area contributed by atoms with Crippen molar-refractivity contribution in [1.82, 2.24) is 0 Å². The van der Waals surface area contributed by atoms with Crippen molar-refractivity contribution >= 4 is 0 Å². The van der Waals surface area contributed by atoms with E-state index in [-0.39, 0.29) is 0 Å². The Morgan fingerprint density at radius 1 is 1.00 bits per heavy atom. The Hall–Kier alpha value is -2.16. The molecule has 4 N–H and O–H groups in total. The molecule has 0 radical (unpaired) electrons. The SMILES string of the molecule is COc1ccc(Cc2ccc(C)cc2O[C@@H]2O[C@H]([C@@H](C)O)[C@@H](O)[C@H](O)[C@H]2O)cc1. The van der Waals surface area contributed by atoms with Gasteiger partial charge in [-0.3, -0.25) is 0 Å². The van der Waals surface area contributed by atoms with E-state index in [1.807, 2.05) is 49.4 Å². The van der Waals surface area contributed by atoms with Gasteiger partial charge in [0.2, 0.25) is 6.29 Å². The summed E-state index contributed by atoms with van der Waals surface area (Å²) in [6.07, 6.45) is -7.15. The second-order valence-electron chi connectivity index (χ2n) is 7.44. The van der Waals surface area contributed by atoms with Crippen LogP contribution in [0.15, 0.2) is 42.5 Å². The van der Waals surface area contributed by atoms with Gasteiger partial charge >= 0.3 is 0 Å². The van der Waals surface area contributed by atoms with Gasteiger partial charge in [-0.2, -0.15) is 0 Å². The van der Waals surface area contributed by atoms with Crippen LogP contribution in [0.2, 0.25) is 0 Å². The van der Waals surface area contributed by atoms with E-state index in [4.69, 9.17) is 14.2 Å². The minimum absolute atomic E-state index is 0.498. The maximum Gasteiger partial charge on any atom is 0.229 e. The van der Waals surface area contributed by atoms with Crippen LogP contribution in [0.25, 0.3) is 0 Å². The van der Waals surface area contributed by atoms with Gasteiger partial charge in [0.25, 0.3) is 0 Å². The second kappa shape index (κ2) is 9.11. The van der Waals surface area contributed by atoms with Crippen molar-refractivity contribution in [3.63, 3.8) is 0 Å². The van der Waals surface area contributed by atoms with Crippen molar-refractivity contribution < 1.29 is 34.6 Å². The van der Waals surface area contributed by atoms with Crippen molar-refractivity contribution in [3.8, 4) is 11.5 Å². The number of aliphatic hydroxyl groups is 4. The molecule has 0 aliphatic carbocycles. The topological polar surface area (TPSA) is 109 Å². The van der Waals surface area contributed by atoms with Crippen LogP contribution in [-0.2, 0) is 11.2 Å². The molecule has 7 nitrogen and oxygen atoms in total. The summed E-state index contributed by atoms with van der Waals surface area (Å²) in [5.74, 6) is 1.27. The normalized spacial score (nSPS) is 28.0. The Kier molecular flexibility index (Phi) is 6.77. The summed E-state index contributed by atoms with van der Waals surface area (Å²) in [5.41, 5.74) is 2.86. The van der Waals surface area contributed by atoms with Gasteiger partial charge in [-0.25, -0.2) is 0 Å². The molecule has 1 heterocycles. The fourth-order valence-corrected chi connectivity index (χ4v) is 3.38. The maximum absolute atomic E-state index is 10.3. The molecule has 0 spiro atoms.